The molecule has 1 atom stereocenters. The van der Waals surface area contributed by atoms with Gasteiger partial charge in [0, 0.05) is 19.8 Å². The summed E-state index contributed by atoms with van der Waals surface area (Å²) in [4.78, 5) is 0. The summed E-state index contributed by atoms with van der Waals surface area (Å²) < 4.78 is 19.8. The van der Waals surface area contributed by atoms with Gasteiger partial charge in [0.15, 0.2) is 0 Å². The summed E-state index contributed by atoms with van der Waals surface area (Å²) in [5.74, 6) is 0.217. The maximum Gasteiger partial charge on any atom is 0.123 e. The second kappa shape index (κ2) is 6.38. The first kappa shape index (κ1) is 14.3. The van der Waals surface area contributed by atoms with Gasteiger partial charge in [-0.3, -0.25) is 4.68 Å². The van der Waals surface area contributed by atoms with Crippen molar-refractivity contribution in [1.29, 1.82) is 0 Å². The summed E-state index contributed by atoms with van der Waals surface area (Å²) in [5.41, 5.74) is 1.76. The van der Waals surface area contributed by atoms with Gasteiger partial charge >= 0.3 is 0 Å². The van der Waals surface area contributed by atoms with Crippen LogP contribution in [0.25, 0.3) is 0 Å². The third-order valence-corrected chi connectivity index (χ3v) is 2.80. The molecule has 1 unspecified atom stereocenters. The van der Waals surface area contributed by atoms with Crippen LogP contribution in [0.4, 0.5) is 10.1 Å². The largest absolute Gasteiger partial charge is 0.491 e. The fourth-order valence-electron chi connectivity index (χ4n) is 1.78. The van der Waals surface area contributed by atoms with Crippen LogP contribution >= 0.6 is 0 Å². The summed E-state index contributed by atoms with van der Waals surface area (Å²) >= 11 is 0. The van der Waals surface area contributed by atoms with E-state index in [0.29, 0.717) is 12.3 Å². The fourth-order valence-corrected chi connectivity index (χ4v) is 1.78. The first-order valence-corrected chi connectivity index (χ1v) is 6.35. The van der Waals surface area contributed by atoms with Crippen molar-refractivity contribution in [1.82, 2.24) is 9.78 Å². The molecule has 2 rings (SSSR count). The third-order valence-electron chi connectivity index (χ3n) is 2.80. The third kappa shape index (κ3) is 3.96. The molecule has 0 fully saturated rings. The molecule has 1 aromatic carbocycles. The Balaban J connectivity index is 1.76. The standard InChI is InChI=1S/C14H18FN3O2/c1-10-14(8-18(2)17-10)16-7-12(19)9-20-13-5-3-11(15)4-6-13/h3-6,8,12,16,19H,7,9H2,1-2H3. The molecular weight excluding hydrogens is 261 g/mol. The van der Waals surface area contributed by atoms with Gasteiger partial charge < -0.3 is 15.2 Å². The number of aliphatic hydroxyl groups excluding tert-OH is 1. The van der Waals surface area contributed by atoms with Crippen LogP contribution in [0.15, 0.2) is 30.5 Å². The van der Waals surface area contributed by atoms with Crippen molar-refractivity contribution < 1.29 is 14.2 Å². The lowest BCUT2D eigenvalue weighted by Gasteiger charge is -2.13. The van der Waals surface area contributed by atoms with Crippen LogP contribution in [0.3, 0.4) is 0 Å². The van der Waals surface area contributed by atoms with Crippen LogP contribution in [-0.2, 0) is 7.05 Å². The zero-order valence-electron chi connectivity index (χ0n) is 11.5. The van der Waals surface area contributed by atoms with E-state index in [1.807, 2.05) is 20.2 Å². The van der Waals surface area contributed by atoms with Gasteiger partial charge in [-0.2, -0.15) is 5.10 Å². The molecule has 0 radical (unpaired) electrons. The lowest BCUT2D eigenvalue weighted by molar-refractivity contribution is 0.117. The highest BCUT2D eigenvalue weighted by atomic mass is 19.1. The summed E-state index contributed by atoms with van der Waals surface area (Å²) in [6.07, 6.45) is 1.18. The summed E-state index contributed by atoms with van der Waals surface area (Å²) in [6, 6.07) is 5.69. The van der Waals surface area contributed by atoms with Crippen molar-refractivity contribution in [3.63, 3.8) is 0 Å². The molecule has 0 amide bonds. The van der Waals surface area contributed by atoms with E-state index in [0.717, 1.165) is 11.4 Å². The number of benzene rings is 1. The minimum Gasteiger partial charge on any atom is -0.491 e. The number of anilines is 1. The molecule has 108 valence electrons. The minimum absolute atomic E-state index is 0.137. The Morgan fingerprint density at radius 3 is 2.70 bits per heavy atom. The first-order valence-electron chi connectivity index (χ1n) is 6.35. The summed E-state index contributed by atoms with van der Waals surface area (Å²) in [6.45, 7) is 2.38. The molecular formula is C14H18FN3O2. The highest BCUT2D eigenvalue weighted by molar-refractivity contribution is 5.45. The smallest absolute Gasteiger partial charge is 0.123 e. The number of nitrogens with one attached hydrogen (secondary N) is 1. The van der Waals surface area contributed by atoms with E-state index in [1.54, 1.807) is 4.68 Å². The minimum atomic E-state index is -0.667. The molecule has 1 aromatic heterocycles. The number of nitrogens with zero attached hydrogens (tertiary/aromatic N) is 2. The number of hydrogen-bond donors (Lipinski definition) is 2. The van der Waals surface area contributed by atoms with E-state index in [1.165, 1.54) is 24.3 Å². The van der Waals surface area contributed by atoms with Gasteiger partial charge in [0.2, 0.25) is 0 Å². The quantitative estimate of drug-likeness (QED) is 0.845. The lowest BCUT2D eigenvalue weighted by atomic mass is 10.3. The molecule has 0 spiro atoms. The molecule has 2 aromatic rings. The Morgan fingerprint density at radius 1 is 1.40 bits per heavy atom. The SMILES string of the molecule is Cc1nn(C)cc1NCC(O)COc1ccc(F)cc1. The Kier molecular flexibility index (Phi) is 4.57. The Labute approximate surface area is 117 Å². The van der Waals surface area contributed by atoms with Gasteiger partial charge in [-0.1, -0.05) is 0 Å². The zero-order chi connectivity index (χ0) is 14.5. The molecule has 1 heterocycles. The monoisotopic (exact) mass is 279 g/mol. The topological polar surface area (TPSA) is 59.3 Å². The highest BCUT2D eigenvalue weighted by Gasteiger charge is 2.08. The predicted molar refractivity (Wildman–Crippen MR) is 74.3 cm³/mol. The number of halogens is 1. The maximum absolute atomic E-state index is 12.7. The zero-order valence-corrected chi connectivity index (χ0v) is 11.5. The highest BCUT2D eigenvalue weighted by Crippen LogP contribution is 2.13. The predicted octanol–water partition coefficient (Wildman–Crippen LogP) is 1.72. The molecule has 5 nitrogen and oxygen atoms in total. The van der Waals surface area contributed by atoms with Crippen molar-refractivity contribution >= 4 is 5.69 Å². The van der Waals surface area contributed by atoms with Gasteiger partial charge in [-0.05, 0) is 31.2 Å². The van der Waals surface area contributed by atoms with Crippen molar-refractivity contribution in [3.8, 4) is 5.75 Å². The second-order valence-electron chi connectivity index (χ2n) is 4.60. The van der Waals surface area contributed by atoms with Crippen molar-refractivity contribution in [2.45, 2.75) is 13.0 Å². The molecule has 6 heteroatoms. The Hall–Kier alpha value is -2.08. The summed E-state index contributed by atoms with van der Waals surface area (Å²) in [5, 5.41) is 17.1. The average Bonchev–Trinajstić information content (AvgIpc) is 2.74. The van der Waals surface area contributed by atoms with Crippen LogP contribution in [-0.4, -0.2) is 34.1 Å². The normalized spacial score (nSPS) is 12.2. The van der Waals surface area contributed by atoms with Crippen LogP contribution in [0.5, 0.6) is 5.75 Å². The van der Waals surface area contributed by atoms with Crippen LogP contribution in [0.2, 0.25) is 0 Å². The molecule has 0 aliphatic carbocycles. The van der Waals surface area contributed by atoms with E-state index in [-0.39, 0.29) is 12.4 Å². The first-order chi connectivity index (χ1) is 9.54. The van der Waals surface area contributed by atoms with E-state index in [4.69, 9.17) is 4.74 Å². The molecule has 0 saturated carbocycles. The van der Waals surface area contributed by atoms with Crippen LogP contribution in [0, 0.1) is 12.7 Å². The molecule has 0 saturated heterocycles. The van der Waals surface area contributed by atoms with Crippen molar-refractivity contribution in [3.05, 3.63) is 42.0 Å². The lowest BCUT2D eigenvalue weighted by Crippen LogP contribution is -2.26. The molecule has 20 heavy (non-hydrogen) atoms. The van der Waals surface area contributed by atoms with Crippen LogP contribution in [0.1, 0.15) is 5.69 Å². The van der Waals surface area contributed by atoms with Crippen LogP contribution < -0.4 is 10.1 Å². The van der Waals surface area contributed by atoms with Gasteiger partial charge in [0.1, 0.15) is 24.3 Å². The van der Waals surface area contributed by atoms with Gasteiger partial charge in [-0.15, -0.1) is 0 Å². The molecule has 0 aliphatic heterocycles. The Bertz CT molecular complexity index is 554. The Morgan fingerprint density at radius 2 is 2.10 bits per heavy atom. The summed E-state index contributed by atoms with van der Waals surface area (Å²) in [7, 11) is 1.84. The van der Waals surface area contributed by atoms with Crippen molar-refractivity contribution in [2.75, 3.05) is 18.5 Å². The molecule has 0 aliphatic rings. The number of rotatable bonds is 6. The van der Waals surface area contributed by atoms with E-state index in [2.05, 4.69) is 10.4 Å². The van der Waals surface area contributed by atoms with Gasteiger partial charge in [-0.25, -0.2) is 4.39 Å². The van der Waals surface area contributed by atoms with Gasteiger partial charge in [0.25, 0.3) is 0 Å². The second-order valence-corrected chi connectivity index (χ2v) is 4.60. The number of aliphatic hydroxyl groups is 1. The number of aromatic nitrogens is 2. The number of aryl methyl sites for hydroxylation is 2. The van der Waals surface area contributed by atoms with Gasteiger partial charge in [0.05, 0.1) is 11.4 Å². The number of hydrogen-bond acceptors (Lipinski definition) is 4. The molecule has 2 N–H and O–H groups in total. The fraction of sp³-hybridized carbons (Fsp3) is 0.357. The maximum atomic E-state index is 12.7. The van der Waals surface area contributed by atoms with Crippen molar-refractivity contribution in [2.24, 2.45) is 7.05 Å². The van der Waals surface area contributed by atoms with E-state index < -0.39 is 6.10 Å². The number of ether oxygens (including phenoxy) is 1. The van der Waals surface area contributed by atoms with E-state index in [9.17, 15) is 9.50 Å². The average molecular weight is 279 g/mol. The van der Waals surface area contributed by atoms with E-state index >= 15 is 0 Å². The molecule has 0 bridgehead atoms.